The van der Waals surface area contributed by atoms with Gasteiger partial charge in [0.15, 0.2) is 11.5 Å². The van der Waals surface area contributed by atoms with Gasteiger partial charge in [-0.25, -0.2) is 9.18 Å². The summed E-state index contributed by atoms with van der Waals surface area (Å²) in [5, 5.41) is 2.62. The molecule has 1 aliphatic heterocycles. The Kier molecular flexibility index (Phi) is 6.74. The molecule has 8 heteroatoms. The molecule has 6 nitrogen and oxygen atoms in total. The average Bonchev–Trinajstić information content (AvgIpc) is 3.07. The fourth-order valence-corrected chi connectivity index (χ4v) is 3.95. The molecule has 0 aromatic heterocycles. The number of amides is 3. The number of methoxy groups -OCH3 is 1. The van der Waals surface area contributed by atoms with E-state index in [4.69, 9.17) is 9.47 Å². The van der Waals surface area contributed by atoms with E-state index in [1.165, 1.54) is 13.2 Å². The van der Waals surface area contributed by atoms with Gasteiger partial charge in [0.05, 0.1) is 18.1 Å². The number of ether oxygens (including phenoxy) is 2. The molecular weight excluding hydrogens is 491 g/mol. The van der Waals surface area contributed by atoms with Crippen LogP contribution in [-0.2, 0) is 17.9 Å². The second-order valence-electron chi connectivity index (χ2n) is 7.28. The van der Waals surface area contributed by atoms with Crippen molar-refractivity contribution in [3.8, 4) is 11.5 Å². The third-order valence-corrected chi connectivity index (χ3v) is 5.63. The highest BCUT2D eigenvalue weighted by Gasteiger charge is 2.33. The van der Waals surface area contributed by atoms with Gasteiger partial charge in [-0.3, -0.25) is 9.69 Å². The molecule has 3 amide bonds. The van der Waals surface area contributed by atoms with Crippen molar-refractivity contribution < 1.29 is 23.5 Å². The number of nitrogens with zero attached hydrogens (tertiary/aromatic N) is 1. The van der Waals surface area contributed by atoms with E-state index in [1.807, 2.05) is 30.3 Å². The van der Waals surface area contributed by atoms with Crippen LogP contribution in [0.4, 0.5) is 9.18 Å². The number of rotatable bonds is 7. The fraction of sp³-hybridized carbons (Fsp3) is 0.120. The zero-order valence-corrected chi connectivity index (χ0v) is 19.3. The van der Waals surface area contributed by atoms with Gasteiger partial charge in [0, 0.05) is 5.56 Å². The molecule has 0 radical (unpaired) electrons. The van der Waals surface area contributed by atoms with E-state index in [9.17, 15) is 14.0 Å². The smallest absolute Gasteiger partial charge is 0.329 e. The molecule has 0 unspecified atom stereocenters. The Morgan fingerprint density at radius 3 is 2.52 bits per heavy atom. The van der Waals surface area contributed by atoms with Crippen LogP contribution in [0.1, 0.15) is 16.7 Å². The Balaban J connectivity index is 1.54. The Morgan fingerprint density at radius 2 is 1.79 bits per heavy atom. The summed E-state index contributed by atoms with van der Waals surface area (Å²) in [6.07, 6.45) is 1.57. The second-order valence-corrected chi connectivity index (χ2v) is 8.13. The minimum absolute atomic E-state index is 0.0189. The zero-order chi connectivity index (χ0) is 23.4. The molecule has 0 spiro atoms. The van der Waals surface area contributed by atoms with Gasteiger partial charge in [-0.1, -0.05) is 48.5 Å². The van der Waals surface area contributed by atoms with Gasteiger partial charge in [0.25, 0.3) is 5.91 Å². The first-order valence-electron chi connectivity index (χ1n) is 10.1. The number of urea groups is 1. The molecular formula is C25H20BrFN2O4. The number of carbonyl (C=O) groups excluding carboxylic acids is 2. The monoisotopic (exact) mass is 510 g/mol. The lowest BCUT2D eigenvalue weighted by molar-refractivity contribution is -0.123. The third-order valence-electron chi connectivity index (χ3n) is 5.04. The molecule has 1 fully saturated rings. The number of hydrogen-bond acceptors (Lipinski definition) is 4. The minimum atomic E-state index is -0.481. The summed E-state index contributed by atoms with van der Waals surface area (Å²) in [6, 6.07) is 18.6. The van der Waals surface area contributed by atoms with Crippen molar-refractivity contribution in [2.24, 2.45) is 0 Å². The standard InChI is InChI=1S/C25H20BrFN2O4/c1-32-22-13-17(11-19(26)23(22)33-15-18-9-5-6-10-20(18)27)12-21-24(30)29(25(31)28-21)14-16-7-3-2-4-8-16/h2-13H,14-15H2,1H3,(H,28,31)/b21-12+. The highest BCUT2D eigenvalue weighted by Crippen LogP contribution is 2.38. The molecule has 1 saturated heterocycles. The highest BCUT2D eigenvalue weighted by atomic mass is 79.9. The van der Waals surface area contributed by atoms with Gasteiger partial charge in [-0.05, 0) is 51.3 Å². The van der Waals surface area contributed by atoms with Crippen LogP contribution in [0.15, 0.2) is 76.9 Å². The van der Waals surface area contributed by atoms with Crippen LogP contribution < -0.4 is 14.8 Å². The van der Waals surface area contributed by atoms with Crippen LogP contribution in [-0.4, -0.2) is 23.9 Å². The number of halogens is 2. The van der Waals surface area contributed by atoms with E-state index in [1.54, 1.807) is 36.4 Å². The molecule has 3 aromatic rings. The maximum Gasteiger partial charge on any atom is 0.329 e. The van der Waals surface area contributed by atoms with Crippen molar-refractivity contribution >= 4 is 33.9 Å². The molecule has 1 N–H and O–H groups in total. The quantitative estimate of drug-likeness (QED) is 0.347. The summed E-state index contributed by atoms with van der Waals surface area (Å²) in [4.78, 5) is 26.3. The van der Waals surface area contributed by atoms with Crippen molar-refractivity contribution in [3.63, 3.8) is 0 Å². The summed E-state index contributed by atoms with van der Waals surface area (Å²) in [5.41, 5.74) is 2.03. The van der Waals surface area contributed by atoms with Gasteiger partial charge < -0.3 is 14.8 Å². The van der Waals surface area contributed by atoms with Crippen molar-refractivity contribution in [3.05, 3.63) is 99.4 Å². The maximum absolute atomic E-state index is 13.9. The largest absolute Gasteiger partial charge is 0.493 e. The average molecular weight is 511 g/mol. The summed E-state index contributed by atoms with van der Waals surface area (Å²) >= 11 is 3.45. The second kappa shape index (κ2) is 9.87. The predicted octanol–water partition coefficient (Wildman–Crippen LogP) is 5.27. The van der Waals surface area contributed by atoms with Gasteiger partial charge in [-0.2, -0.15) is 0 Å². The Hall–Kier alpha value is -3.65. The fourth-order valence-electron chi connectivity index (χ4n) is 3.38. The van der Waals surface area contributed by atoms with Gasteiger partial charge >= 0.3 is 6.03 Å². The normalized spacial score (nSPS) is 14.5. The number of carbonyl (C=O) groups is 2. The van der Waals surface area contributed by atoms with E-state index in [2.05, 4.69) is 21.2 Å². The predicted molar refractivity (Wildman–Crippen MR) is 125 cm³/mol. The SMILES string of the molecule is COc1cc(/C=C2/NC(=O)N(Cc3ccccc3)C2=O)cc(Br)c1OCc1ccccc1F. The molecule has 33 heavy (non-hydrogen) atoms. The van der Waals surface area contributed by atoms with Crippen LogP contribution in [0.25, 0.3) is 6.08 Å². The lowest BCUT2D eigenvalue weighted by Gasteiger charge is -2.14. The Morgan fingerprint density at radius 1 is 1.06 bits per heavy atom. The molecule has 0 atom stereocenters. The first kappa shape index (κ1) is 22.5. The van der Waals surface area contributed by atoms with Gasteiger partial charge in [0.2, 0.25) is 0 Å². The van der Waals surface area contributed by atoms with Crippen molar-refractivity contribution in [2.75, 3.05) is 7.11 Å². The molecule has 0 bridgehead atoms. The summed E-state index contributed by atoms with van der Waals surface area (Å²) in [7, 11) is 1.48. The van der Waals surface area contributed by atoms with E-state index >= 15 is 0 Å². The maximum atomic E-state index is 13.9. The van der Waals surface area contributed by atoms with Crippen LogP contribution in [0.2, 0.25) is 0 Å². The third kappa shape index (κ3) is 5.06. The molecule has 3 aromatic carbocycles. The molecule has 0 saturated carbocycles. The van der Waals surface area contributed by atoms with Crippen LogP contribution in [0.5, 0.6) is 11.5 Å². The van der Waals surface area contributed by atoms with Crippen LogP contribution >= 0.6 is 15.9 Å². The number of benzene rings is 3. The summed E-state index contributed by atoms with van der Waals surface area (Å²) in [6.45, 7) is 0.198. The molecule has 1 heterocycles. The van der Waals surface area contributed by atoms with Gasteiger partial charge in [0.1, 0.15) is 18.1 Å². The first-order valence-corrected chi connectivity index (χ1v) is 10.9. The topological polar surface area (TPSA) is 67.9 Å². The Bertz CT molecular complexity index is 1230. The Labute approximate surface area is 198 Å². The molecule has 4 rings (SSSR count). The molecule has 168 valence electrons. The van der Waals surface area contributed by atoms with Crippen molar-refractivity contribution in [2.45, 2.75) is 13.2 Å². The summed E-state index contributed by atoms with van der Waals surface area (Å²) < 4.78 is 25.7. The van der Waals surface area contributed by atoms with E-state index in [-0.39, 0.29) is 24.7 Å². The van der Waals surface area contributed by atoms with E-state index in [0.717, 1.165) is 10.5 Å². The van der Waals surface area contributed by atoms with Gasteiger partial charge in [-0.15, -0.1) is 0 Å². The zero-order valence-electron chi connectivity index (χ0n) is 17.7. The van der Waals surface area contributed by atoms with Crippen LogP contribution in [0, 0.1) is 5.82 Å². The molecule has 1 aliphatic rings. The highest BCUT2D eigenvalue weighted by molar-refractivity contribution is 9.10. The summed E-state index contributed by atoms with van der Waals surface area (Å²) in [5.74, 6) is 0.0178. The van der Waals surface area contributed by atoms with E-state index < -0.39 is 11.9 Å². The molecule has 0 aliphatic carbocycles. The van der Waals surface area contributed by atoms with E-state index in [0.29, 0.717) is 27.1 Å². The lowest BCUT2D eigenvalue weighted by atomic mass is 10.1. The van der Waals surface area contributed by atoms with Crippen LogP contribution in [0.3, 0.4) is 0 Å². The minimum Gasteiger partial charge on any atom is -0.493 e. The van der Waals surface area contributed by atoms with Crippen molar-refractivity contribution in [1.82, 2.24) is 10.2 Å². The number of hydrogen-bond donors (Lipinski definition) is 1. The first-order chi connectivity index (χ1) is 16.0. The lowest BCUT2D eigenvalue weighted by Crippen LogP contribution is -2.30. The number of imide groups is 1. The van der Waals surface area contributed by atoms with Crippen molar-refractivity contribution in [1.29, 1.82) is 0 Å². The number of nitrogens with one attached hydrogen (secondary N) is 1.